The number of para-hydroxylation sites is 5. The molecule has 0 aliphatic rings. The summed E-state index contributed by atoms with van der Waals surface area (Å²) >= 11 is 0. The first-order valence-electron chi connectivity index (χ1n) is 18.2. The minimum atomic E-state index is 0.915. The molecule has 3 heterocycles. The van der Waals surface area contributed by atoms with Crippen LogP contribution in [0.1, 0.15) is 0 Å². The van der Waals surface area contributed by atoms with Crippen LogP contribution in [0.2, 0.25) is 0 Å². The van der Waals surface area contributed by atoms with Gasteiger partial charge in [-0.3, -0.25) is 0 Å². The molecule has 0 atom stereocenters. The lowest BCUT2D eigenvalue weighted by Gasteiger charge is -2.14. The molecule has 246 valence electrons. The lowest BCUT2D eigenvalue weighted by atomic mass is 9.97. The van der Waals surface area contributed by atoms with E-state index in [1.165, 1.54) is 65.2 Å². The first-order chi connectivity index (χ1) is 26.3. The Balaban J connectivity index is 1.14. The van der Waals surface area contributed by atoms with Crippen LogP contribution in [-0.2, 0) is 0 Å². The second-order valence-electron chi connectivity index (χ2n) is 14.1. The number of fused-ring (bicyclic) bond motifs is 14. The maximum atomic E-state index is 6.42. The highest BCUT2D eigenvalue weighted by atomic mass is 16.3. The predicted molar refractivity (Wildman–Crippen MR) is 223 cm³/mol. The molecule has 0 N–H and O–H groups in total. The van der Waals surface area contributed by atoms with Gasteiger partial charge in [0.2, 0.25) is 0 Å². The van der Waals surface area contributed by atoms with E-state index in [2.05, 4.69) is 179 Å². The summed E-state index contributed by atoms with van der Waals surface area (Å²) in [6.07, 6.45) is 0. The Labute approximate surface area is 304 Å². The van der Waals surface area contributed by atoms with Crippen LogP contribution >= 0.6 is 0 Å². The molecule has 0 unspecified atom stereocenters. The number of rotatable bonds is 3. The van der Waals surface area contributed by atoms with Crippen molar-refractivity contribution in [3.8, 4) is 22.5 Å². The first kappa shape index (κ1) is 28.6. The van der Waals surface area contributed by atoms with E-state index >= 15 is 0 Å². The van der Waals surface area contributed by atoms with E-state index in [-0.39, 0.29) is 0 Å². The van der Waals surface area contributed by atoms with Crippen molar-refractivity contribution in [2.45, 2.75) is 0 Å². The average Bonchev–Trinajstić information content (AvgIpc) is 3.89. The Hall–Kier alpha value is -7.10. The summed E-state index contributed by atoms with van der Waals surface area (Å²) in [5.74, 6) is 0. The van der Waals surface area contributed by atoms with Crippen molar-refractivity contribution in [2.75, 3.05) is 0 Å². The highest BCUT2D eigenvalue weighted by Gasteiger charge is 2.20. The molecule has 0 spiro atoms. The van der Waals surface area contributed by atoms with E-state index in [0.29, 0.717) is 0 Å². The second-order valence-corrected chi connectivity index (χ2v) is 14.1. The summed E-state index contributed by atoms with van der Waals surface area (Å²) in [6, 6.07) is 66.0. The Kier molecular flexibility index (Phi) is 5.77. The fourth-order valence-corrected chi connectivity index (χ4v) is 9.02. The van der Waals surface area contributed by atoms with Crippen LogP contribution in [0.3, 0.4) is 0 Å². The van der Waals surface area contributed by atoms with E-state index in [4.69, 9.17) is 4.42 Å². The number of furan rings is 1. The van der Waals surface area contributed by atoms with Crippen LogP contribution in [0.5, 0.6) is 0 Å². The smallest absolute Gasteiger partial charge is 0.143 e. The minimum absolute atomic E-state index is 0.915. The monoisotopic (exact) mass is 674 g/mol. The lowest BCUT2D eigenvalue weighted by Crippen LogP contribution is -1.96. The Morgan fingerprint density at radius 1 is 0.340 bits per heavy atom. The minimum Gasteiger partial charge on any atom is -0.455 e. The summed E-state index contributed by atoms with van der Waals surface area (Å²) in [5.41, 5.74) is 11.2. The number of nitrogens with zero attached hydrogens (tertiary/aromatic N) is 2. The third-order valence-corrected chi connectivity index (χ3v) is 11.3. The molecule has 3 aromatic heterocycles. The molecule has 0 aliphatic carbocycles. The standard InChI is InChI=1S/C50H30N2O/c1-2-11-33(12-3-1)52-45-19-8-5-14-37(45)41-27-23-32-24-28-42-39(47(32)49(41)52)29-30-40-36-13-4-7-18-44(36)51(48(40)42)34-25-21-31(22-26-34)35-16-10-17-43-38-15-6-9-20-46(38)53-50(35)43/h1-30H. The van der Waals surface area contributed by atoms with E-state index in [0.717, 1.165) is 44.4 Å². The molecule has 0 radical (unpaired) electrons. The van der Waals surface area contributed by atoms with Gasteiger partial charge in [0.05, 0.1) is 22.1 Å². The molecule has 12 aromatic rings. The fraction of sp³-hybridized carbons (Fsp3) is 0. The van der Waals surface area contributed by atoms with E-state index in [1.807, 2.05) is 12.1 Å². The van der Waals surface area contributed by atoms with Gasteiger partial charge in [-0.05, 0) is 58.8 Å². The number of hydrogen-bond donors (Lipinski definition) is 0. The maximum absolute atomic E-state index is 6.42. The van der Waals surface area contributed by atoms with Gasteiger partial charge in [0.15, 0.2) is 0 Å². The molecule has 3 heteroatoms. The van der Waals surface area contributed by atoms with Crippen LogP contribution in [0, 0.1) is 0 Å². The van der Waals surface area contributed by atoms with E-state index in [9.17, 15) is 0 Å². The quantitative estimate of drug-likeness (QED) is 0.171. The molecule has 0 amide bonds. The van der Waals surface area contributed by atoms with Crippen LogP contribution in [-0.4, -0.2) is 9.13 Å². The molecule has 0 fully saturated rings. The van der Waals surface area contributed by atoms with Crippen molar-refractivity contribution in [3.63, 3.8) is 0 Å². The molecule has 0 saturated carbocycles. The van der Waals surface area contributed by atoms with Crippen molar-refractivity contribution in [2.24, 2.45) is 0 Å². The molecule has 0 saturated heterocycles. The van der Waals surface area contributed by atoms with Crippen LogP contribution in [0.15, 0.2) is 186 Å². The maximum Gasteiger partial charge on any atom is 0.143 e. The number of hydrogen-bond acceptors (Lipinski definition) is 1. The second kappa shape index (κ2) is 10.7. The molecule has 53 heavy (non-hydrogen) atoms. The topological polar surface area (TPSA) is 23.0 Å². The van der Waals surface area contributed by atoms with Gasteiger partial charge < -0.3 is 13.6 Å². The fourth-order valence-electron chi connectivity index (χ4n) is 9.02. The molecule has 0 bridgehead atoms. The van der Waals surface area contributed by atoms with Gasteiger partial charge in [-0.25, -0.2) is 0 Å². The van der Waals surface area contributed by atoms with Gasteiger partial charge >= 0.3 is 0 Å². The molecule has 3 nitrogen and oxygen atoms in total. The van der Waals surface area contributed by atoms with Crippen molar-refractivity contribution >= 4 is 87.1 Å². The van der Waals surface area contributed by atoms with Gasteiger partial charge in [-0.15, -0.1) is 0 Å². The Morgan fingerprint density at radius 3 is 1.64 bits per heavy atom. The lowest BCUT2D eigenvalue weighted by molar-refractivity contribution is 0.670. The van der Waals surface area contributed by atoms with Gasteiger partial charge in [0.1, 0.15) is 11.2 Å². The summed E-state index contributed by atoms with van der Waals surface area (Å²) in [6.45, 7) is 0. The Bertz CT molecular complexity index is 3430. The van der Waals surface area contributed by atoms with Gasteiger partial charge in [0, 0.05) is 60.0 Å². The summed E-state index contributed by atoms with van der Waals surface area (Å²) in [7, 11) is 0. The molecular formula is C50H30N2O. The van der Waals surface area contributed by atoms with Gasteiger partial charge in [0.25, 0.3) is 0 Å². The highest BCUT2D eigenvalue weighted by Crippen LogP contribution is 2.44. The zero-order valence-corrected chi connectivity index (χ0v) is 28.6. The van der Waals surface area contributed by atoms with Crippen molar-refractivity contribution < 1.29 is 4.42 Å². The average molecular weight is 675 g/mol. The van der Waals surface area contributed by atoms with Gasteiger partial charge in [-0.1, -0.05) is 140 Å². The Morgan fingerprint density at radius 2 is 0.887 bits per heavy atom. The molecule has 12 rings (SSSR count). The van der Waals surface area contributed by atoms with E-state index in [1.54, 1.807) is 0 Å². The summed E-state index contributed by atoms with van der Waals surface area (Å²) in [4.78, 5) is 0. The first-order valence-corrected chi connectivity index (χ1v) is 18.2. The normalized spacial score (nSPS) is 12.2. The zero-order chi connectivity index (χ0) is 34.6. The van der Waals surface area contributed by atoms with E-state index < -0.39 is 0 Å². The predicted octanol–water partition coefficient (Wildman–Crippen LogP) is 13.8. The largest absolute Gasteiger partial charge is 0.455 e. The third kappa shape index (κ3) is 3.94. The third-order valence-electron chi connectivity index (χ3n) is 11.3. The van der Waals surface area contributed by atoms with Crippen molar-refractivity contribution in [3.05, 3.63) is 182 Å². The van der Waals surface area contributed by atoms with Crippen LogP contribution in [0.25, 0.3) is 110 Å². The molecular weight excluding hydrogens is 645 g/mol. The highest BCUT2D eigenvalue weighted by molar-refractivity contribution is 6.29. The summed E-state index contributed by atoms with van der Waals surface area (Å²) < 4.78 is 11.3. The molecule has 0 aliphatic heterocycles. The number of aromatic nitrogens is 2. The molecule has 9 aromatic carbocycles. The number of benzene rings is 9. The van der Waals surface area contributed by atoms with Crippen LogP contribution in [0.4, 0.5) is 0 Å². The SMILES string of the molecule is c1ccc(-n2c3ccccc3c3ccc4ccc5c(ccc6c7ccccc7n(-c7ccc(-c8cccc9c8oc8ccccc89)cc7)c56)c4c32)cc1. The van der Waals surface area contributed by atoms with Crippen molar-refractivity contribution in [1.29, 1.82) is 0 Å². The van der Waals surface area contributed by atoms with Crippen molar-refractivity contribution in [1.82, 2.24) is 9.13 Å². The summed E-state index contributed by atoms with van der Waals surface area (Å²) in [5, 5.41) is 12.3. The van der Waals surface area contributed by atoms with Gasteiger partial charge in [-0.2, -0.15) is 0 Å². The zero-order valence-electron chi connectivity index (χ0n) is 28.6. The van der Waals surface area contributed by atoms with Crippen LogP contribution < -0.4 is 0 Å².